The normalized spacial score (nSPS) is 28.7. The summed E-state index contributed by atoms with van der Waals surface area (Å²) >= 11 is 0. The van der Waals surface area contributed by atoms with Crippen LogP contribution >= 0.6 is 0 Å². The minimum Gasteiger partial charge on any atom is -0.465 e. The second kappa shape index (κ2) is 8.20. The zero-order valence-corrected chi connectivity index (χ0v) is 18.3. The number of anilines is 1. The molecule has 0 spiro atoms. The summed E-state index contributed by atoms with van der Waals surface area (Å²) in [4.78, 5) is 47.7. The molecule has 2 fully saturated rings. The summed E-state index contributed by atoms with van der Waals surface area (Å²) in [5.74, 6) is -1.32. The number of hydrogen-bond donors (Lipinski definition) is 5. The van der Waals surface area contributed by atoms with Gasteiger partial charge in [0.1, 0.15) is 0 Å². The number of primary amides is 1. The molecule has 180 valence electrons. The largest absolute Gasteiger partial charge is 0.465 e. The molecular formula is C21H23N5O8. The first-order valence-electron chi connectivity index (χ1n) is 10.3. The van der Waals surface area contributed by atoms with E-state index in [-0.39, 0.29) is 52.8 Å². The predicted molar refractivity (Wildman–Crippen MR) is 116 cm³/mol. The number of fused-ring (bicyclic) bond motifs is 4. The topological polar surface area (TPSA) is 207 Å². The van der Waals surface area contributed by atoms with Crippen molar-refractivity contribution in [2.75, 3.05) is 25.6 Å². The Kier molecular flexibility index (Phi) is 5.63. The van der Waals surface area contributed by atoms with Gasteiger partial charge in [0.05, 0.1) is 34.9 Å². The molecule has 13 heteroatoms. The van der Waals surface area contributed by atoms with Gasteiger partial charge in [0.15, 0.2) is 5.72 Å². The lowest BCUT2D eigenvalue weighted by Crippen LogP contribution is -2.54. The number of allylic oxidation sites excluding steroid dienone is 2. The van der Waals surface area contributed by atoms with Gasteiger partial charge in [-0.2, -0.15) is 0 Å². The highest BCUT2D eigenvalue weighted by Crippen LogP contribution is 2.55. The number of benzene rings is 1. The quantitative estimate of drug-likeness (QED) is 0.165. The lowest BCUT2D eigenvalue weighted by molar-refractivity contribution is -0.384. The average molecular weight is 473 g/mol. The smallest absolute Gasteiger partial charge is 0.402 e. The number of nitro benzene ring substituents is 1. The van der Waals surface area contributed by atoms with Crippen molar-refractivity contribution in [3.63, 3.8) is 0 Å². The minimum absolute atomic E-state index is 0.0581. The van der Waals surface area contributed by atoms with Gasteiger partial charge in [-0.15, -0.1) is 0 Å². The summed E-state index contributed by atoms with van der Waals surface area (Å²) in [6.07, 6.45) is -1.33. The average Bonchev–Trinajstić information content (AvgIpc) is 3.40. The maximum absolute atomic E-state index is 13.5. The minimum atomic E-state index is -1.33. The zero-order chi connectivity index (χ0) is 24.9. The number of carbonyl (C=O) groups is 3. The number of Topliss-reactive ketones (excluding diaryl/α,β-unsaturated/α-hetero) is 2. The molecule has 0 aromatic heterocycles. The number of rotatable bonds is 5. The number of non-ortho nitro benzene ring substituents is 1. The van der Waals surface area contributed by atoms with Crippen molar-refractivity contribution < 1.29 is 34.3 Å². The number of nitro groups is 1. The molecule has 4 atom stereocenters. The monoisotopic (exact) mass is 473 g/mol. The summed E-state index contributed by atoms with van der Waals surface area (Å²) < 4.78 is 5.85. The molecule has 34 heavy (non-hydrogen) atoms. The van der Waals surface area contributed by atoms with Gasteiger partial charge in [0.25, 0.3) is 5.69 Å². The van der Waals surface area contributed by atoms with Gasteiger partial charge in [-0.25, -0.2) is 4.79 Å². The van der Waals surface area contributed by atoms with Crippen LogP contribution in [0.15, 0.2) is 46.8 Å². The number of aliphatic hydroxyl groups excluding tert-OH is 1. The van der Waals surface area contributed by atoms with Gasteiger partial charge in [0, 0.05) is 48.7 Å². The summed E-state index contributed by atoms with van der Waals surface area (Å²) in [7, 11) is 1.53. The second-order valence-electron chi connectivity index (χ2n) is 8.24. The molecule has 3 aliphatic heterocycles. The highest BCUT2D eigenvalue weighted by molar-refractivity contribution is 6.26. The van der Waals surface area contributed by atoms with Crippen molar-refractivity contribution in [1.82, 2.24) is 10.2 Å². The molecule has 0 radical (unpaired) electrons. The summed E-state index contributed by atoms with van der Waals surface area (Å²) in [6, 6.07) is 5.70. The molecule has 1 amide bonds. The lowest BCUT2D eigenvalue weighted by Gasteiger charge is -2.39. The first-order valence-corrected chi connectivity index (χ1v) is 10.3. The molecule has 5 rings (SSSR count). The van der Waals surface area contributed by atoms with Crippen LogP contribution in [0.1, 0.15) is 6.92 Å². The molecule has 4 unspecified atom stereocenters. The fraction of sp³-hybridized carbons (Fsp3) is 0.381. The third kappa shape index (κ3) is 3.32. The number of nitrogens with zero attached hydrogens (tertiary/aromatic N) is 2. The van der Waals surface area contributed by atoms with E-state index in [1.54, 1.807) is 6.92 Å². The maximum atomic E-state index is 13.5. The van der Waals surface area contributed by atoms with Crippen LogP contribution in [0.2, 0.25) is 0 Å². The van der Waals surface area contributed by atoms with E-state index >= 15 is 0 Å². The molecular weight excluding hydrogens is 450 g/mol. The van der Waals surface area contributed by atoms with E-state index < -0.39 is 22.7 Å². The summed E-state index contributed by atoms with van der Waals surface area (Å²) in [5, 5.41) is 34.5. The van der Waals surface area contributed by atoms with E-state index in [4.69, 9.17) is 14.6 Å². The van der Waals surface area contributed by atoms with Crippen molar-refractivity contribution in [2.24, 2.45) is 11.7 Å². The van der Waals surface area contributed by atoms with Crippen LogP contribution in [0.4, 0.5) is 16.2 Å². The van der Waals surface area contributed by atoms with E-state index in [1.807, 2.05) is 4.90 Å². The standard InChI is InChI=1S/C20H20N4O6.CH3NO2/c1-9-15(21-10-3-5-11(6-4-10)24(28)29)18(27)14-12(8-25)20(30-2)19-13(22-19)7-23(20)16(14)17(9)26;2-1(3)4/h3-6,12-13,19,21-22,25H,7-8H2,1-2H3;2H2,(H,3,4). The Hall–Kier alpha value is -3.81. The Morgan fingerprint density at radius 2 is 1.97 bits per heavy atom. The van der Waals surface area contributed by atoms with Crippen LogP contribution in [0.25, 0.3) is 0 Å². The van der Waals surface area contributed by atoms with Gasteiger partial charge in [-0.05, 0) is 19.1 Å². The predicted octanol–water partition coefficient (Wildman–Crippen LogP) is -0.0695. The van der Waals surface area contributed by atoms with E-state index in [0.717, 1.165) is 0 Å². The number of nitrogens with one attached hydrogen (secondary N) is 2. The SMILES string of the molecule is COC12C(CO)C3=C(C(=O)C(C)=C(Nc4ccc([N+](=O)[O-])cc4)C3=O)N1CC1NC12.NC(=O)O. The Morgan fingerprint density at radius 3 is 2.50 bits per heavy atom. The molecule has 13 nitrogen and oxygen atoms in total. The molecule has 1 aromatic carbocycles. The van der Waals surface area contributed by atoms with Crippen LogP contribution < -0.4 is 16.4 Å². The van der Waals surface area contributed by atoms with Crippen LogP contribution in [-0.4, -0.2) is 75.8 Å². The lowest BCUT2D eigenvalue weighted by atomic mass is 9.82. The van der Waals surface area contributed by atoms with Crippen molar-refractivity contribution in [1.29, 1.82) is 0 Å². The second-order valence-corrected chi connectivity index (χ2v) is 8.24. The molecule has 6 N–H and O–H groups in total. The van der Waals surface area contributed by atoms with E-state index in [2.05, 4.69) is 16.4 Å². The molecule has 1 aliphatic carbocycles. The van der Waals surface area contributed by atoms with Crippen LogP contribution in [0.5, 0.6) is 0 Å². The third-order valence-corrected chi connectivity index (χ3v) is 6.57. The van der Waals surface area contributed by atoms with Gasteiger partial charge >= 0.3 is 6.09 Å². The Labute approximate surface area is 193 Å². The van der Waals surface area contributed by atoms with Crippen molar-refractivity contribution in [3.8, 4) is 0 Å². The fourth-order valence-electron chi connectivity index (χ4n) is 5.11. The number of carboxylic acid groups (broad SMARTS) is 1. The molecule has 2 saturated heterocycles. The molecule has 1 aromatic rings. The first kappa shape index (κ1) is 23.4. The van der Waals surface area contributed by atoms with E-state index in [9.17, 15) is 24.8 Å². The molecule has 4 aliphatic rings. The Bertz CT molecular complexity index is 1160. The van der Waals surface area contributed by atoms with Crippen molar-refractivity contribution in [2.45, 2.75) is 24.7 Å². The highest BCUT2D eigenvalue weighted by Gasteiger charge is 2.72. The van der Waals surface area contributed by atoms with Crippen molar-refractivity contribution >= 4 is 29.0 Å². The number of ether oxygens (including phenoxy) is 1. The summed E-state index contributed by atoms with van der Waals surface area (Å²) in [6.45, 7) is 1.77. The van der Waals surface area contributed by atoms with Crippen molar-refractivity contribution in [3.05, 3.63) is 56.9 Å². The zero-order valence-electron chi connectivity index (χ0n) is 18.3. The first-order chi connectivity index (χ1) is 16.1. The number of amides is 1. The van der Waals surface area contributed by atoms with Gasteiger partial charge in [0.2, 0.25) is 11.6 Å². The van der Waals surface area contributed by atoms with E-state index in [0.29, 0.717) is 17.9 Å². The van der Waals surface area contributed by atoms with Gasteiger partial charge in [-0.1, -0.05) is 0 Å². The third-order valence-electron chi connectivity index (χ3n) is 6.57. The number of hydrogen-bond acceptors (Lipinski definition) is 10. The fourth-order valence-corrected chi connectivity index (χ4v) is 5.11. The summed E-state index contributed by atoms with van der Waals surface area (Å²) in [5.41, 5.74) is 4.37. The van der Waals surface area contributed by atoms with Crippen LogP contribution in [-0.2, 0) is 14.3 Å². The number of ketones is 2. The molecule has 0 saturated carbocycles. The Morgan fingerprint density at radius 1 is 1.35 bits per heavy atom. The van der Waals surface area contributed by atoms with Crippen LogP contribution in [0, 0.1) is 16.0 Å². The maximum Gasteiger partial charge on any atom is 0.402 e. The van der Waals surface area contributed by atoms with Crippen LogP contribution in [0.3, 0.4) is 0 Å². The van der Waals surface area contributed by atoms with E-state index in [1.165, 1.54) is 31.4 Å². The highest BCUT2D eigenvalue weighted by atomic mass is 16.6. The number of nitrogens with two attached hydrogens (primary N) is 1. The number of piperazine rings is 1. The number of methoxy groups -OCH3 is 1. The Balaban J connectivity index is 0.000000636. The molecule has 3 heterocycles. The van der Waals surface area contributed by atoms with Gasteiger partial charge < -0.3 is 36.2 Å². The van der Waals surface area contributed by atoms with Gasteiger partial charge in [-0.3, -0.25) is 19.7 Å². The number of carbonyl (C=O) groups excluding carboxylic acids is 2. The molecule has 0 bridgehead atoms. The number of aliphatic hydroxyl groups is 1.